The van der Waals surface area contributed by atoms with E-state index in [0.29, 0.717) is 32.8 Å². The molecule has 1 rings (SSSR count). The van der Waals surface area contributed by atoms with Gasteiger partial charge in [0.2, 0.25) is 0 Å². The second kappa shape index (κ2) is 5.62. The summed E-state index contributed by atoms with van der Waals surface area (Å²) in [5.41, 5.74) is -0.123. The number of hydrogen-bond acceptors (Lipinski definition) is 4. The van der Waals surface area contributed by atoms with E-state index >= 15 is 0 Å². The Morgan fingerprint density at radius 2 is 1.71 bits per heavy atom. The maximum Gasteiger partial charge on any atom is 0.276 e. The first-order valence-corrected chi connectivity index (χ1v) is 7.33. The molecule has 0 aromatic carbocycles. The lowest BCUT2D eigenvalue weighted by Gasteiger charge is -2.33. The van der Waals surface area contributed by atoms with Crippen molar-refractivity contribution in [2.75, 3.05) is 39.3 Å². The second-order valence-electron chi connectivity index (χ2n) is 5.25. The first-order valence-electron chi connectivity index (χ1n) is 5.83. The zero-order chi connectivity index (χ0) is 13.1. The number of nitrogens with zero attached hydrogens (tertiary/aromatic N) is 2. The van der Waals surface area contributed by atoms with Gasteiger partial charge in [-0.2, -0.15) is 12.7 Å². The van der Waals surface area contributed by atoms with Crippen LogP contribution in [0.4, 0.5) is 0 Å². The van der Waals surface area contributed by atoms with E-state index in [1.807, 2.05) is 20.8 Å². The number of ether oxygens (including phenoxy) is 1. The molecule has 1 saturated heterocycles. The van der Waals surface area contributed by atoms with Crippen LogP contribution in [0, 0.1) is 0 Å². The lowest BCUT2D eigenvalue weighted by molar-refractivity contribution is -0.0156. The monoisotopic (exact) mass is 265 g/mol. The summed E-state index contributed by atoms with van der Waals surface area (Å²) in [5.74, 6) is 0. The van der Waals surface area contributed by atoms with Crippen LogP contribution in [0.15, 0.2) is 0 Å². The molecule has 1 aliphatic rings. The topological polar surface area (TPSA) is 75.9 Å². The fourth-order valence-corrected chi connectivity index (χ4v) is 2.36. The maximum absolute atomic E-state index is 11.1. The largest absolute Gasteiger partial charge is 0.375 e. The summed E-state index contributed by atoms with van der Waals surface area (Å²) in [4.78, 5) is 2.19. The summed E-state index contributed by atoms with van der Waals surface area (Å²) in [7, 11) is -3.52. The second-order valence-corrected chi connectivity index (χ2v) is 6.79. The van der Waals surface area contributed by atoms with Gasteiger partial charge in [-0.1, -0.05) is 0 Å². The molecule has 0 atom stereocenters. The molecule has 6 nitrogen and oxygen atoms in total. The van der Waals surface area contributed by atoms with E-state index in [-0.39, 0.29) is 5.60 Å². The Bertz CT molecular complexity index is 329. The molecule has 0 radical (unpaired) electrons. The first kappa shape index (κ1) is 14.8. The van der Waals surface area contributed by atoms with Crippen LogP contribution in [0.3, 0.4) is 0 Å². The van der Waals surface area contributed by atoms with E-state index in [4.69, 9.17) is 9.88 Å². The van der Waals surface area contributed by atoms with Crippen LogP contribution in [-0.2, 0) is 14.9 Å². The number of hydrogen-bond donors (Lipinski definition) is 1. The quantitative estimate of drug-likeness (QED) is 0.752. The lowest BCUT2D eigenvalue weighted by Crippen LogP contribution is -2.51. The van der Waals surface area contributed by atoms with Crippen molar-refractivity contribution in [1.82, 2.24) is 9.21 Å². The van der Waals surface area contributed by atoms with Crippen molar-refractivity contribution >= 4 is 10.2 Å². The third-order valence-corrected chi connectivity index (χ3v) is 3.72. The molecule has 2 N–H and O–H groups in total. The molecule has 1 fully saturated rings. The highest BCUT2D eigenvalue weighted by Crippen LogP contribution is 2.08. The zero-order valence-electron chi connectivity index (χ0n) is 10.8. The van der Waals surface area contributed by atoms with Crippen LogP contribution in [0.25, 0.3) is 0 Å². The zero-order valence-corrected chi connectivity index (χ0v) is 11.7. The molecule has 1 aliphatic heterocycles. The normalized spacial score (nSPS) is 20.7. The van der Waals surface area contributed by atoms with Crippen molar-refractivity contribution in [1.29, 1.82) is 0 Å². The summed E-state index contributed by atoms with van der Waals surface area (Å²) in [6.45, 7) is 9.91. The van der Waals surface area contributed by atoms with Crippen molar-refractivity contribution in [3.63, 3.8) is 0 Å². The van der Waals surface area contributed by atoms with E-state index in [2.05, 4.69) is 4.90 Å². The average Bonchev–Trinajstić information content (AvgIpc) is 2.15. The van der Waals surface area contributed by atoms with Crippen molar-refractivity contribution in [3.05, 3.63) is 0 Å². The predicted molar refractivity (Wildman–Crippen MR) is 66.8 cm³/mol. The average molecular weight is 265 g/mol. The Kier molecular flexibility index (Phi) is 4.91. The lowest BCUT2D eigenvalue weighted by atomic mass is 10.2. The van der Waals surface area contributed by atoms with Crippen molar-refractivity contribution in [2.24, 2.45) is 5.14 Å². The van der Waals surface area contributed by atoms with Crippen molar-refractivity contribution in [3.8, 4) is 0 Å². The Morgan fingerprint density at radius 1 is 1.18 bits per heavy atom. The molecule has 102 valence electrons. The standard InChI is InChI=1S/C10H23N3O3S/c1-10(2,3)16-9-8-12-4-6-13(7-5-12)17(11,14)15/h4-9H2,1-3H3,(H2,11,14,15). The highest BCUT2D eigenvalue weighted by Gasteiger charge is 2.23. The molecule has 17 heavy (non-hydrogen) atoms. The Labute approximate surface area is 104 Å². The SMILES string of the molecule is CC(C)(C)OCCN1CCN(S(N)(=O)=O)CC1. The van der Waals surface area contributed by atoms with Gasteiger partial charge in [-0.25, -0.2) is 5.14 Å². The van der Waals surface area contributed by atoms with E-state index in [1.54, 1.807) is 0 Å². The van der Waals surface area contributed by atoms with Crippen LogP contribution < -0.4 is 5.14 Å². The summed E-state index contributed by atoms with van der Waals surface area (Å²) in [6.07, 6.45) is 0. The van der Waals surface area contributed by atoms with Crippen LogP contribution in [-0.4, -0.2) is 62.6 Å². The molecule has 0 unspecified atom stereocenters. The summed E-state index contributed by atoms with van der Waals surface area (Å²) in [5, 5.41) is 5.07. The molecule has 0 aromatic rings. The third kappa shape index (κ3) is 5.78. The summed E-state index contributed by atoms with van der Waals surface area (Å²) < 4.78 is 29.1. The Hall–Kier alpha value is -0.210. The minimum atomic E-state index is -3.52. The highest BCUT2D eigenvalue weighted by molar-refractivity contribution is 7.86. The van der Waals surface area contributed by atoms with Gasteiger partial charge in [-0.05, 0) is 20.8 Å². The smallest absolute Gasteiger partial charge is 0.276 e. The molecular formula is C10H23N3O3S. The van der Waals surface area contributed by atoms with Crippen molar-refractivity contribution in [2.45, 2.75) is 26.4 Å². The van der Waals surface area contributed by atoms with Gasteiger partial charge in [0.1, 0.15) is 0 Å². The molecule has 0 bridgehead atoms. The molecule has 0 amide bonds. The molecular weight excluding hydrogens is 242 g/mol. The van der Waals surface area contributed by atoms with Crippen LogP contribution in [0.1, 0.15) is 20.8 Å². The van der Waals surface area contributed by atoms with Gasteiger partial charge in [-0.15, -0.1) is 0 Å². The fraction of sp³-hybridized carbons (Fsp3) is 1.00. The van der Waals surface area contributed by atoms with Crippen LogP contribution in [0.5, 0.6) is 0 Å². The van der Waals surface area contributed by atoms with Gasteiger partial charge >= 0.3 is 0 Å². The first-order chi connectivity index (χ1) is 7.68. The molecule has 7 heteroatoms. The minimum absolute atomic E-state index is 0.123. The van der Waals surface area contributed by atoms with Gasteiger partial charge in [0.25, 0.3) is 10.2 Å². The van der Waals surface area contributed by atoms with E-state index in [1.165, 1.54) is 4.31 Å². The van der Waals surface area contributed by atoms with E-state index in [9.17, 15) is 8.42 Å². The molecule has 0 aromatic heterocycles. The maximum atomic E-state index is 11.1. The van der Waals surface area contributed by atoms with Gasteiger partial charge in [0, 0.05) is 32.7 Å². The molecule has 1 heterocycles. The summed E-state index contributed by atoms with van der Waals surface area (Å²) in [6, 6.07) is 0. The highest BCUT2D eigenvalue weighted by atomic mass is 32.2. The fourth-order valence-electron chi connectivity index (χ4n) is 1.69. The molecule has 0 spiro atoms. The van der Waals surface area contributed by atoms with Crippen LogP contribution in [0.2, 0.25) is 0 Å². The van der Waals surface area contributed by atoms with Crippen molar-refractivity contribution < 1.29 is 13.2 Å². The predicted octanol–water partition coefficient (Wildman–Crippen LogP) is -0.377. The number of piperazine rings is 1. The number of rotatable bonds is 4. The Morgan fingerprint density at radius 3 is 2.12 bits per heavy atom. The van der Waals surface area contributed by atoms with E-state index in [0.717, 1.165) is 6.54 Å². The summed E-state index contributed by atoms with van der Waals surface area (Å²) >= 11 is 0. The van der Waals surface area contributed by atoms with Crippen LogP contribution >= 0.6 is 0 Å². The van der Waals surface area contributed by atoms with Gasteiger partial charge in [0.15, 0.2) is 0 Å². The number of nitrogens with two attached hydrogens (primary N) is 1. The third-order valence-electron chi connectivity index (χ3n) is 2.63. The van der Waals surface area contributed by atoms with E-state index < -0.39 is 10.2 Å². The van der Waals surface area contributed by atoms with Gasteiger partial charge in [0.05, 0.1) is 12.2 Å². The van der Waals surface area contributed by atoms with Gasteiger partial charge < -0.3 is 4.74 Å². The van der Waals surface area contributed by atoms with Gasteiger partial charge in [-0.3, -0.25) is 4.90 Å². The molecule has 0 aliphatic carbocycles. The Balaban J connectivity index is 2.24. The minimum Gasteiger partial charge on any atom is -0.375 e. The molecule has 0 saturated carbocycles.